The van der Waals surface area contributed by atoms with Crippen LogP contribution in [0.5, 0.6) is 0 Å². The molecule has 5 nitrogen and oxygen atoms in total. The summed E-state index contributed by atoms with van der Waals surface area (Å²) in [6.07, 6.45) is 4.14. The molecule has 0 spiro atoms. The molecule has 2 aromatic rings. The molecule has 3 atom stereocenters. The lowest BCUT2D eigenvalue weighted by atomic mass is 9.75. The lowest BCUT2D eigenvalue weighted by Gasteiger charge is -2.51. The van der Waals surface area contributed by atoms with Crippen LogP contribution in [0.15, 0.2) is 48.5 Å². The van der Waals surface area contributed by atoms with Crippen molar-refractivity contribution in [1.29, 1.82) is 5.26 Å². The summed E-state index contributed by atoms with van der Waals surface area (Å²) in [5.74, 6) is -0.541. The Morgan fingerprint density at radius 2 is 1.90 bits per heavy atom. The first-order valence-electron chi connectivity index (χ1n) is 10.1. The molecule has 0 aromatic heterocycles. The molecule has 1 saturated carbocycles. The van der Waals surface area contributed by atoms with Crippen molar-refractivity contribution in [1.82, 2.24) is 10.2 Å². The van der Waals surface area contributed by atoms with Crippen LogP contribution in [0.25, 0.3) is 11.1 Å². The molecule has 0 radical (unpaired) electrons. The molecule has 2 fully saturated rings. The van der Waals surface area contributed by atoms with Gasteiger partial charge in [0.15, 0.2) is 0 Å². The van der Waals surface area contributed by atoms with E-state index >= 15 is 0 Å². The zero-order valence-corrected chi connectivity index (χ0v) is 16.1. The van der Waals surface area contributed by atoms with Crippen LogP contribution in [0.3, 0.4) is 0 Å². The van der Waals surface area contributed by atoms with Crippen LogP contribution < -0.4 is 5.32 Å². The smallest absolute Gasteiger partial charge is 0.319 e. The van der Waals surface area contributed by atoms with Gasteiger partial charge in [-0.05, 0) is 41.7 Å². The van der Waals surface area contributed by atoms with Gasteiger partial charge in [-0.1, -0.05) is 49.2 Å². The third kappa shape index (κ3) is 3.70. The predicted molar refractivity (Wildman–Crippen MR) is 107 cm³/mol. The van der Waals surface area contributed by atoms with Crippen molar-refractivity contribution in [2.24, 2.45) is 0 Å². The molecule has 6 heteroatoms. The number of urea groups is 1. The summed E-state index contributed by atoms with van der Waals surface area (Å²) in [7, 11) is 0. The van der Waals surface area contributed by atoms with E-state index in [4.69, 9.17) is 0 Å². The second-order valence-corrected chi connectivity index (χ2v) is 7.82. The number of aliphatic hydroxyl groups excluding tert-OH is 1. The highest BCUT2D eigenvalue weighted by molar-refractivity contribution is 5.78. The molecule has 0 unspecified atom stereocenters. The lowest BCUT2D eigenvalue weighted by molar-refractivity contribution is 0.0158. The summed E-state index contributed by atoms with van der Waals surface area (Å²) in [6.45, 7) is -0.202. The second-order valence-electron chi connectivity index (χ2n) is 7.82. The Morgan fingerprint density at radius 3 is 2.52 bits per heavy atom. The van der Waals surface area contributed by atoms with E-state index in [-0.39, 0.29) is 30.4 Å². The van der Waals surface area contributed by atoms with Crippen molar-refractivity contribution < 1.29 is 14.3 Å². The predicted octanol–water partition coefficient (Wildman–Crippen LogP) is 3.80. The van der Waals surface area contributed by atoms with Gasteiger partial charge in [0.2, 0.25) is 0 Å². The molecule has 1 aliphatic carbocycles. The number of nitriles is 1. The van der Waals surface area contributed by atoms with E-state index < -0.39 is 12.1 Å². The molecule has 4 rings (SSSR count). The first kappa shape index (κ1) is 19.4. The number of hydrogen-bond donors (Lipinski definition) is 2. The Balaban J connectivity index is 1.51. The maximum atomic E-state index is 13.5. The second kappa shape index (κ2) is 8.22. The number of rotatable bonds is 4. The van der Waals surface area contributed by atoms with Crippen LogP contribution in [-0.4, -0.2) is 40.8 Å². The third-order valence-electron chi connectivity index (χ3n) is 6.10. The highest BCUT2D eigenvalue weighted by atomic mass is 19.1. The Morgan fingerprint density at radius 1 is 1.17 bits per heavy atom. The number of nitrogens with zero attached hydrogens (tertiary/aromatic N) is 2. The van der Waals surface area contributed by atoms with Gasteiger partial charge in [0.1, 0.15) is 11.9 Å². The quantitative estimate of drug-likeness (QED) is 0.830. The first-order valence-corrected chi connectivity index (χ1v) is 10.1. The molecule has 1 aliphatic heterocycles. The largest absolute Gasteiger partial charge is 0.394 e. The Labute approximate surface area is 169 Å². The maximum Gasteiger partial charge on any atom is 0.319 e. The minimum atomic E-state index is -0.617. The van der Waals surface area contributed by atoms with E-state index in [1.54, 1.807) is 6.07 Å². The number of carbonyl (C=O) groups excluding carboxylic acids is 1. The fraction of sp³-hybridized carbons (Fsp3) is 0.391. The van der Waals surface area contributed by atoms with E-state index in [1.165, 1.54) is 17.0 Å². The van der Waals surface area contributed by atoms with Gasteiger partial charge in [-0.2, -0.15) is 5.26 Å². The van der Waals surface area contributed by atoms with E-state index in [1.807, 2.05) is 30.3 Å². The van der Waals surface area contributed by atoms with Crippen molar-refractivity contribution in [2.45, 2.75) is 49.7 Å². The molecule has 2 N–H and O–H groups in total. The van der Waals surface area contributed by atoms with Crippen LogP contribution in [0.4, 0.5) is 9.18 Å². The average molecular weight is 393 g/mol. The van der Waals surface area contributed by atoms with Crippen LogP contribution in [0, 0.1) is 17.1 Å². The topological polar surface area (TPSA) is 76.4 Å². The van der Waals surface area contributed by atoms with E-state index in [9.17, 15) is 19.6 Å². The molecule has 29 heavy (non-hydrogen) atoms. The van der Waals surface area contributed by atoms with Gasteiger partial charge in [-0.15, -0.1) is 0 Å². The van der Waals surface area contributed by atoms with Crippen LogP contribution in [-0.2, 0) is 0 Å². The first-order chi connectivity index (χ1) is 14.1. The maximum absolute atomic E-state index is 13.5. The Hall–Kier alpha value is -2.91. The van der Waals surface area contributed by atoms with Crippen LogP contribution >= 0.6 is 0 Å². The molecule has 1 saturated heterocycles. The van der Waals surface area contributed by atoms with Gasteiger partial charge in [0.25, 0.3) is 0 Å². The van der Waals surface area contributed by atoms with Gasteiger partial charge >= 0.3 is 6.03 Å². The van der Waals surface area contributed by atoms with Gasteiger partial charge in [0.05, 0.1) is 18.7 Å². The number of aliphatic hydroxyl groups is 1. The molecule has 150 valence electrons. The molecular weight excluding hydrogens is 369 g/mol. The summed E-state index contributed by atoms with van der Waals surface area (Å²) in [5.41, 5.74) is 2.54. The summed E-state index contributed by atoms with van der Waals surface area (Å²) >= 11 is 0. The van der Waals surface area contributed by atoms with Gasteiger partial charge in [0, 0.05) is 12.0 Å². The summed E-state index contributed by atoms with van der Waals surface area (Å²) < 4.78 is 13.5. The Kier molecular flexibility index (Phi) is 5.50. The van der Waals surface area contributed by atoms with Crippen molar-refractivity contribution >= 4 is 6.03 Å². The lowest BCUT2D eigenvalue weighted by Crippen LogP contribution is -2.67. The monoisotopic (exact) mass is 393 g/mol. The highest BCUT2D eigenvalue weighted by Gasteiger charge is 2.52. The van der Waals surface area contributed by atoms with E-state index in [0.29, 0.717) is 0 Å². The summed E-state index contributed by atoms with van der Waals surface area (Å²) in [5, 5.41) is 22.6. The number of carbonyl (C=O) groups is 1. The van der Waals surface area contributed by atoms with Gasteiger partial charge in [-0.25, -0.2) is 9.18 Å². The zero-order valence-electron chi connectivity index (χ0n) is 16.1. The minimum Gasteiger partial charge on any atom is -0.394 e. The van der Waals surface area contributed by atoms with Gasteiger partial charge in [-0.3, -0.25) is 0 Å². The Bertz CT molecular complexity index is 918. The van der Waals surface area contributed by atoms with E-state index in [0.717, 1.165) is 42.4 Å². The molecule has 0 bridgehead atoms. The SMILES string of the molecule is N#C[C@H]1[C@@H](c2ccc(-c3cccc(F)c3)cc2)[C@@H](CO)N1C(=O)NC1CCCC1. The number of amides is 2. The standard InChI is InChI=1S/C23H24FN3O2/c24-18-5-3-4-17(12-18)15-8-10-16(11-9-15)22-20(13-25)27(21(22)14-28)23(29)26-19-6-1-2-7-19/h3-5,8-12,19-22,28H,1-2,6-7,14H2,(H,26,29)/t20-,21+,22+/m0/s1. The summed E-state index contributed by atoms with van der Waals surface area (Å²) in [4.78, 5) is 14.2. The van der Waals surface area contributed by atoms with E-state index in [2.05, 4.69) is 11.4 Å². The highest BCUT2D eigenvalue weighted by Crippen LogP contribution is 2.41. The van der Waals surface area contributed by atoms with Crippen molar-refractivity contribution in [2.75, 3.05) is 6.61 Å². The fourth-order valence-corrected chi connectivity index (χ4v) is 4.57. The normalized spacial score (nSPS) is 24.0. The molecule has 2 aromatic carbocycles. The minimum absolute atomic E-state index is 0.158. The molecule has 2 amide bonds. The number of benzene rings is 2. The zero-order chi connectivity index (χ0) is 20.4. The molecule has 2 aliphatic rings. The molecule has 1 heterocycles. The number of likely N-dealkylation sites (tertiary alicyclic amines) is 1. The van der Waals surface area contributed by atoms with Crippen LogP contribution in [0.2, 0.25) is 0 Å². The number of hydrogen-bond acceptors (Lipinski definition) is 3. The van der Waals surface area contributed by atoms with Crippen molar-refractivity contribution in [3.8, 4) is 17.2 Å². The van der Waals surface area contributed by atoms with Gasteiger partial charge < -0.3 is 15.3 Å². The number of nitrogens with one attached hydrogen (secondary N) is 1. The fourth-order valence-electron chi connectivity index (χ4n) is 4.57. The average Bonchev–Trinajstić information content (AvgIpc) is 3.21. The van der Waals surface area contributed by atoms with Crippen LogP contribution in [0.1, 0.15) is 37.2 Å². The number of halogens is 1. The molecular formula is C23H24FN3O2. The summed E-state index contributed by atoms with van der Waals surface area (Å²) in [6, 6.07) is 15.0. The third-order valence-corrected chi connectivity index (χ3v) is 6.10. The van der Waals surface area contributed by atoms with Crippen molar-refractivity contribution in [3.05, 3.63) is 59.9 Å². The van der Waals surface area contributed by atoms with Crippen molar-refractivity contribution in [3.63, 3.8) is 0 Å².